The van der Waals surface area contributed by atoms with Crippen molar-refractivity contribution >= 4 is 38.0 Å². The molecule has 0 aliphatic carbocycles. The van der Waals surface area contributed by atoms with Crippen LogP contribution in [0.2, 0.25) is 0 Å². The Balaban J connectivity index is 1.23. The van der Waals surface area contributed by atoms with Crippen molar-refractivity contribution in [3.05, 3.63) is 125 Å². The van der Waals surface area contributed by atoms with Crippen LogP contribution in [0.3, 0.4) is 0 Å². The summed E-state index contributed by atoms with van der Waals surface area (Å²) >= 11 is 1.74. The van der Waals surface area contributed by atoms with E-state index in [2.05, 4.69) is 122 Å². The first-order valence-electron chi connectivity index (χ1n) is 12.5. The Labute approximate surface area is 221 Å². The van der Waals surface area contributed by atoms with Crippen molar-refractivity contribution < 1.29 is 4.74 Å². The fourth-order valence-corrected chi connectivity index (χ4v) is 5.74. The Morgan fingerprint density at radius 1 is 0.784 bits per heavy atom. The van der Waals surface area contributed by atoms with E-state index in [0.717, 1.165) is 33.1 Å². The Morgan fingerprint density at radius 3 is 2.49 bits per heavy atom. The van der Waals surface area contributed by atoms with Gasteiger partial charge in [0.05, 0.1) is 10.2 Å². The molecular weight excluding hydrogens is 472 g/mol. The smallest absolute Gasteiger partial charge is 0.125 e. The average Bonchev–Trinajstić information content (AvgIpc) is 3.34. The predicted molar refractivity (Wildman–Crippen MR) is 157 cm³/mol. The molecule has 0 bridgehead atoms. The normalized spacial score (nSPS) is 11.2. The molecule has 5 aromatic carbocycles. The second-order valence-corrected chi connectivity index (χ2v) is 10.5. The molecule has 182 valence electrons. The van der Waals surface area contributed by atoms with Crippen LogP contribution in [0, 0.1) is 13.8 Å². The summed E-state index contributed by atoms with van der Waals surface area (Å²) in [4.78, 5) is 4.83. The van der Waals surface area contributed by atoms with Crippen molar-refractivity contribution in [1.82, 2.24) is 4.98 Å². The summed E-state index contributed by atoms with van der Waals surface area (Å²) in [5.74, 6) is 0.911. The Hall–Kier alpha value is -4.15. The van der Waals surface area contributed by atoms with E-state index in [1.54, 1.807) is 11.3 Å². The summed E-state index contributed by atoms with van der Waals surface area (Å²) in [5.41, 5.74) is 8.10. The van der Waals surface area contributed by atoms with Crippen molar-refractivity contribution in [2.24, 2.45) is 0 Å². The van der Waals surface area contributed by atoms with Gasteiger partial charge in [0.15, 0.2) is 0 Å². The summed E-state index contributed by atoms with van der Waals surface area (Å²) in [6, 6.07) is 36.2. The maximum absolute atomic E-state index is 6.34. The molecular formula is C33H28N2OS. The van der Waals surface area contributed by atoms with Crippen LogP contribution in [0.15, 0.2) is 103 Å². The number of hydrogen-bond donors (Lipinski definition) is 1. The third-order valence-electron chi connectivity index (χ3n) is 6.62. The van der Waals surface area contributed by atoms with Crippen molar-refractivity contribution in [3.8, 4) is 16.3 Å². The zero-order chi connectivity index (χ0) is 25.2. The maximum atomic E-state index is 6.34. The van der Waals surface area contributed by atoms with Crippen LogP contribution < -0.4 is 10.1 Å². The lowest BCUT2D eigenvalue weighted by molar-refractivity contribution is 0.304. The van der Waals surface area contributed by atoms with E-state index in [4.69, 9.17) is 9.72 Å². The van der Waals surface area contributed by atoms with E-state index < -0.39 is 0 Å². The summed E-state index contributed by atoms with van der Waals surface area (Å²) in [5, 5.41) is 7.08. The molecule has 0 aliphatic heterocycles. The standard InChI is InChI=1S/C33H28N2OS/c1-22-6-5-7-24(18-22)21-36-31-17-13-25-8-3-4-9-28(25)29(31)20-34-27-14-11-26(12-15-27)33-35-30-16-10-23(2)19-32(30)37-33/h3-19,34H,20-21H2,1-2H3. The zero-order valence-corrected chi connectivity index (χ0v) is 21.8. The van der Waals surface area contributed by atoms with Crippen LogP contribution in [0.5, 0.6) is 5.75 Å². The van der Waals surface area contributed by atoms with Crippen LogP contribution >= 0.6 is 11.3 Å². The Morgan fingerprint density at radius 2 is 1.62 bits per heavy atom. The molecule has 0 spiro atoms. The van der Waals surface area contributed by atoms with Gasteiger partial charge >= 0.3 is 0 Å². The first-order chi connectivity index (χ1) is 18.1. The van der Waals surface area contributed by atoms with Gasteiger partial charge in [-0.3, -0.25) is 0 Å². The van der Waals surface area contributed by atoms with Crippen molar-refractivity contribution in [2.45, 2.75) is 27.0 Å². The SMILES string of the molecule is Cc1cccc(COc2ccc3ccccc3c2CNc2ccc(-c3nc4ccc(C)cc4s3)cc2)c1. The van der Waals surface area contributed by atoms with Gasteiger partial charge in [0.2, 0.25) is 0 Å². The highest BCUT2D eigenvalue weighted by molar-refractivity contribution is 7.21. The number of rotatable bonds is 7. The molecule has 0 atom stereocenters. The number of ether oxygens (including phenoxy) is 1. The molecule has 4 heteroatoms. The number of aryl methyl sites for hydroxylation is 2. The molecule has 37 heavy (non-hydrogen) atoms. The van der Waals surface area contributed by atoms with Crippen LogP contribution in [-0.2, 0) is 13.2 Å². The lowest BCUT2D eigenvalue weighted by Crippen LogP contribution is -2.05. The summed E-state index contributed by atoms with van der Waals surface area (Å²) in [6.07, 6.45) is 0. The Bertz CT molecular complexity index is 1700. The minimum absolute atomic E-state index is 0.545. The summed E-state index contributed by atoms with van der Waals surface area (Å²) in [6.45, 7) is 5.44. The number of hydrogen-bond acceptors (Lipinski definition) is 4. The predicted octanol–water partition coefficient (Wildman–Crippen LogP) is 8.92. The van der Waals surface area contributed by atoms with Gasteiger partial charge in [-0.2, -0.15) is 0 Å². The third-order valence-corrected chi connectivity index (χ3v) is 7.69. The van der Waals surface area contributed by atoms with E-state index in [9.17, 15) is 0 Å². The number of benzene rings is 5. The molecule has 3 nitrogen and oxygen atoms in total. The fraction of sp³-hybridized carbons (Fsp3) is 0.121. The molecule has 1 aromatic heterocycles. The lowest BCUT2D eigenvalue weighted by Gasteiger charge is -2.16. The van der Waals surface area contributed by atoms with Crippen LogP contribution in [-0.4, -0.2) is 4.98 Å². The molecule has 6 aromatic rings. The first kappa shape index (κ1) is 23.3. The van der Waals surface area contributed by atoms with Gasteiger partial charge < -0.3 is 10.1 Å². The maximum Gasteiger partial charge on any atom is 0.125 e. The van der Waals surface area contributed by atoms with E-state index in [1.165, 1.54) is 32.2 Å². The first-order valence-corrected chi connectivity index (χ1v) is 13.3. The average molecular weight is 501 g/mol. The summed E-state index contributed by atoms with van der Waals surface area (Å²) < 4.78 is 7.57. The van der Waals surface area contributed by atoms with Gasteiger partial charge in [0.1, 0.15) is 17.4 Å². The van der Waals surface area contributed by atoms with Gasteiger partial charge in [0, 0.05) is 23.4 Å². The summed E-state index contributed by atoms with van der Waals surface area (Å²) in [7, 11) is 0. The Kier molecular flexibility index (Phi) is 6.33. The van der Waals surface area contributed by atoms with Crippen LogP contribution in [0.25, 0.3) is 31.6 Å². The highest BCUT2D eigenvalue weighted by Crippen LogP contribution is 2.32. The monoisotopic (exact) mass is 500 g/mol. The molecule has 0 radical (unpaired) electrons. The molecule has 0 aliphatic rings. The number of nitrogens with zero attached hydrogens (tertiary/aromatic N) is 1. The molecule has 0 fully saturated rings. The van der Waals surface area contributed by atoms with Crippen LogP contribution in [0.4, 0.5) is 5.69 Å². The molecule has 1 heterocycles. The lowest BCUT2D eigenvalue weighted by atomic mass is 10.0. The van der Waals surface area contributed by atoms with Gasteiger partial charge in [-0.15, -0.1) is 11.3 Å². The second kappa shape index (κ2) is 10.1. The quantitative estimate of drug-likeness (QED) is 0.238. The molecule has 6 rings (SSSR count). The molecule has 1 N–H and O–H groups in total. The number of fused-ring (bicyclic) bond motifs is 2. The highest BCUT2D eigenvalue weighted by atomic mass is 32.1. The number of thiazole rings is 1. The van der Waals surface area contributed by atoms with Crippen molar-refractivity contribution in [2.75, 3.05) is 5.32 Å². The van der Waals surface area contributed by atoms with Crippen molar-refractivity contribution in [1.29, 1.82) is 0 Å². The van der Waals surface area contributed by atoms with Crippen LogP contribution in [0.1, 0.15) is 22.3 Å². The third kappa shape index (κ3) is 5.07. The number of aromatic nitrogens is 1. The largest absolute Gasteiger partial charge is 0.489 e. The molecule has 0 unspecified atom stereocenters. The van der Waals surface area contributed by atoms with E-state index >= 15 is 0 Å². The topological polar surface area (TPSA) is 34.1 Å². The van der Waals surface area contributed by atoms with Gasteiger partial charge in [0.25, 0.3) is 0 Å². The number of anilines is 1. The van der Waals surface area contributed by atoms with E-state index in [-0.39, 0.29) is 0 Å². The second-order valence-electron chi connectivity index (χ2n) is 9.46. The van der Waals surface area contributed by atoms with Gasteiger partial charge in [-0.05, 0) is 78.2 Å². The number of nitrogens with one attached hydrogen (secondary N) is 1. The zero-order valence-electron chi connectivity index (χ0n) is 21.0. The van der Waals surface area contributed by atoms with E-state index in [0.29, 0.717) is 13.2 Å². The van der Waals surface area contributed by atoms with Gasteiger partial charge in [-0.1, -0.05) is 66.2 Å². The minimum Gasteiger partial charge on any atom is -0.489 e. The molecule has 0 amide bonds. The van der Waals surface area contributed by atoms with Crippen molar-refractivity contribution in [3.63, 3.8) is 0 Å². The molecule has 0 saturated heterocycles. The van der Waals surface area contributed by atoms with E-state index in [1.807, 2.05) is 0 Å². The highest BCUT2D eigenvalue weighted by Gasteiger charge is 2.11. The molecule has 0 saturated carbocycles. The minimum atomic E-state index is 0.545. The fourth-order valence-electron chi connectivity index (χ4n) is 4.67. The van der Waals surface area contributed by atoms with Gasteiger partial charge in [-0.25, -0.2) is 4.98 Å².